The lowest BCUT2D eigenvalue weighted by Gasteiger charge is -2.32. The smallest absolute Gasteiger partial charge is 0.293 e. The van der Waals surface area contributed by atoms with Crippen molar-refractivity contribution in [2.45, 2.75) is 25.4 Å². The van der Waals surface area contributed by atoms with Gasteiger partial charge in [0.15, 0.2) is 17.2 Å². The molecule has 0 bridgehead atoms. The van der Waals surface area contributed by atoms with Crippen LogP contribution in [0.1, 0.15) is 24.2 Å². The number of anilines is 2. The van der Waals surface area contributed by atoms with Crippen LogP contribution in [0.4, 0.5) is 11.6 Å². The number of hydrogen-bond acceptors (Lipinski definition) is 11. The van der Waals surface area contributed by atoms with Crippen LogP contribution < -0.4 is 16.6 Å². The molecule has 0 saturated carbocycles. The number of rotatable bonds is 7. The topological polar surface area (TPSA) is 185 Å². The summed E-state index contributed by atoms with van der Waals surface area (Å²) in [5, 5.41) is 19.4. The maximum Gasteiger partial charge on any atom is 0.293 e. The van der Waals surface area contributed by atoms with Crippen molar-refractivity contribution >= 4 is 22.8 Å². The van der Waals surface area contributed by atoms with Crippen LogP contribution in [0.5, 0.6) is 0 Å². The first-order valence-corrected chi connectivity index (χ1v) is 14.5. The number of fused-ring (bicyclic) bond motifs is 1. The van der Waals surface area contributed by atoms with Gasteiger partial charge >= 0.3 is 0 Å². The fourth-order valence-electron chi connectivity index (χ4n) is 5.65. The molecule has 6 aromatic rings. The lowest BCUT2D eigenvalue weighted by molar-refractivity contribution is 0.211. The Hall–Kier alpha value is -5.94. The monoisotopic (exact) mass is 599 g/mol. The molecule has 6 heterocycles. The summed E-state index contributed by atoms with van der Waals surface area (Å²) in [5.41, 5.74) is 10.6. The second-order valence-corrected chi connectivity index (χ2v) is 10.9. The van der Waals surface area contributed by atoms with Crippen molar-refractivity contribution < 1.29 is 0 Å². The van der Waals surface area contributed by atoms with Crippen molar-refractivity contribution in [2.24, 2.45) is 7.05 Å². The van der Waals surface area contributed by atoms with E-state index in [2.05, 4.69) is 47.5 Å². The zero-order valence-electron chi connectivity index (χ0n) is 24.4. The molecule has 45 heavy (non-hydrogen) atoms. The van der Waals surface area contributed by atoms with Gasteiger partial charge in [-0.1, -0.05) is 12.1 Å². The first-order valence-electron chi connectivity index (χ1n) is 14.5. The Labute approximate surface area is 257 Å². The molecule has 1 aliphatic heterocycles. The number of aryl methyl sites for hydroxylation is 1. The number of piperidine rings is 1. The molecule has 5 aromatic heterocycles. The Morgan fingerprint density at radius 2 is 1.84 bits per heavy atom. The van der Waals surface area contributed by atoms with E-state index in [-0.39, 0.29) is 23.1 Å². The predicted octanol–water partition coefficient (Wildman–Crippen LogP) is 2.89. The fraction of sp³-hybridized carbons (Fsp3) is 0.226. The highest BCUT2D eigenvalue weighted by Crippen LogP contribution is 2.31. The minimum atomic E-state index is -0.321. The van der Waals surface area contributed by atoms with E-state index in [1.807, 2.05) is 41.0 Å². The molecule has 0 unspecified atom stereocenters. The molecule has 0 radical (unpaired) electrons. The standard InChI is InChI=1S/C31H29N13O/c1-42-40-27(31(45)41-42)23-8-9-24-30(37-23)44(29(38-24)22-3-2-13-35-28(22)33)21-6-4-19(5-7-21)18-43-15-11-20(12-16-43)36-25-10-14-34-26(17-32)39-25/h2-10,13-14,20H,11-12,15-16,18H2,1H3,(H2,33,35)(H,41,45)(H,34,36,39). The highest BCUT2D eigenvalue weighted by molar-refractivity contribution is 5.84. The van der Waals surface area contributed by atoms with E-state index in [9.17, 15) is 4.79 Å². The number of aromatic amines is 1. The number of hydrogen-bond donors (Lipinski definition) is 3. The quantitative estimate of drug-likeness (QED) is 0.245. The molecule has 0 aliphatic carbocycles. The van der Waals surface area contributed by atoms with Crippen LogP contribution in [0.2, 0.25) is 0 Å². The van der Waals surface area contributed by atoms with Gasteiger partial charge in [-0.25, -0.2) is 34.8 Å². The molecule has 14 heteroatoms. The SMILES string of the molecule is Cn1nc(-c2ccc3nc(-c4cccnc4N)n(-c4ccc(CN5CCC(Nc6ccnc(C#N)n6)CC5)cc4)c3n2)c(=O)[nH]1. The molecule has 1 saturated heterocycles. The van der Waals surface area contributed by atoms with Crippen molar-refractivity contribution in [2.75, 3.05) is 24.1 Å². The van der Waals surface area contributed by atoms with Crippen LogP contribution in [0.25, 0.3) is 39.6 Å². The van der Waals surface area contributed by atoms with E-state index >= 15 is 0 Å². The van der Waals surface area contributed by atoms with Crippen LogP contribution in [-0.4, -0.2) is 68.5 Å². The lowest BCUT2D eigenvalue weighted by Crippen LogP contribution is -2.38. The van der Waals surface area contributed by atoms with Gasteiger partial charge < -0.3 is 11.1 Å². The van der Waals surface area contributed by atoms with Crippen molar-refractivity contribution in [1.29, 1.82) is 5.26 Å². The minimum absolute atomic E-state index is 0.167. The summed E-state index contributed by atoms with van der Waals surface area (Å²) in [6.45, 7) is 2.69. The van der Waals surface area contributed by atoms with E-state index in [1.165, 1.54) is 10.4 Å². The van der Waals surface area contributed by atoms with E-state index in [0.717, 1.165) is 38.2 Å². The molecule has 1 aromatic carbocycles. The van der Waals surface area contributed by atoms with Gasteiger partial charge in [0, 0.05) is 50.8 Å². The van der Waals surface area contributed by atoms with Crippen LogP contribution in [0.3, 0.4) is 0 Å². The van der Waals surface area contributed by atoms with Gasteiger partial charge in [0.25, 0.3) is 5.56 Å². The Bertz CT molecular complexity index is 2100. The predicted molar refractivity (Wildman–Crippen MR) is 168 cm³/mol. The zero-order valence-corrected chi connectivity index (χ0v) is 24.4. The van der Waals surface area contributed by atoms with Crippen molar-refractivity contribution in [3.05, 3.63) is 88.7 Å². The summed E-state index contributed by atoms with van der Waals surface area (Å²) in [6, 6.07) is 19.7. The van der Waals surface area contributed by atoms with Gasteiger partial charge in [0.05, 0.1) is 11.3 Å². The van der Waals surface area contributed by atoms with E-state index in [1.54, 1.807) is 31.6 Å². The van der Waals surface area contributed by atoms with Crippen LogP contribution in [-0.2, 0) is 13.6 Å². The molecule has 4 N–H and O–H groups in total. The van der Waals surface area contributed by atoms with Gasteiger partial charge in [0.1, 0.15) is 23.2 Å². The summed E-state index contributed by atoms with van der Waals surface area (Å²) in [6.07, 6.45) is 5.18. The lowest BCUT2D eigenvalue weighted by atomic mass is 10.0. The maximum atomic E-state index is 12.5. The van der Waals surface area contributed by atoms with Crippen molar-refractivity contribution in [1.82, 2.24) is 49.4 Å². The third-order valence-corrected chi connectivity index (χ3v) is 7.85. The number of nitrogens with one attached hydrogen (secondary N) is 2. The summed E-state index contributed by atoms with van der Waals surface area (Å²) in [7, 11) is 1.66. The second-order valence-electron chi connectivity index (χ2n) is 10.9. The number of nitrogens with two attached hydrogens (primary N) is 1. The van der Waals surface area contributed by atoms with Gasteiger partial charge in [-0.05, 0) is 60.9 Å². The van der Waals surface area contributed by atoms with Crippen LogP contribution in [0.15, 0.2) is 71.8 Å². The molecule has 0 atom stereocenters. The molecule has 0 spiro atoms. The molecular formula is C31H29N13O. The average Bonchev–Trinajstić information content (AvgIpc) is 3.61. The maximum absolute atomic E-state index is 12.5. The summed E-state index contributed by atoms with van der Waals surface area (Å²) >= 11 is 0. The normalized spacial score (nSPS) is 14.0. The largest absolute Gasteiger partial charge is 0.383 e. The van der Waals surface area contributed by atoms with Crippen LogP contribution >= 0.6 is 0 Å². The molecule has 1 aliphatic rings. The van der Waals surface area contributed by atoms with Crippen molar-refractivity contribution in [3.63, 3.8) is 0 Å². The minimum Gasteiger partial charge on any atom is -0.383 e. The number of likely N-dealkylation sites (tertiary alicyclic amines) is 1. The van der Waals surface area contributed by atoms with Gasteiger partial charge in [-0.3, -0.25) is 14.3 Å². The number of pyridine rings is 2. The van der Waals surface area contributed by atoms with Crippen LogP contribution in [0, 0.1) is 11.3 Å². The number of nitriles is 1. The second kappa shape index (κ2) is 11.6. The molecule has 1 fully saturated rings. The molecular weight excluding hydrogens is 570 g/mol. The highest BCUT2D eigenvalue weighted by Gasteiger charge is 2.22. The van der Waals surface area contributed by atoms with Gasteiger partial charge in [-0.15, -0.1) is 5.10 Å². The highest BCUT2D eigenvalue weighted by atomic mass is 16.1. The molecule has 224 valence electrons. The zero-order chi connectivity index (χ0) is 30.9. The number of H-pyrrole nitrogens is 1. The Morgan fingerprint density at radius 3 is 2.58 bits per heavy atom. The van der Waals surface area contributed by atoms with E-state index in [4.69, 9.17) is 21.0 Å². The first-order chi connectivity index (χ1) is 21.9. The number of aromatic nitrogens is 9. The summed E-state index contributed by atoms with van der Waals surface area (Å²) < 4.78 is 1.94. The average molecular weight is 600 g/mol. The Kier molecular flexibility index (Phi) is 7.20. The molecule has 14 nitrogen and oxygen atoms in total. The molecule has 0 amide bonds. The third kappa shape index (κ3) is 5.59. The number of nitrogens with zero attached hydrogens (tertiary/aromatic N) is 10. The Morgan fingerprint density at radius 1 is 1.02 bits per heavy atom. The van der Waals surface area contributed by atoms with Gasteiger partial charge in [-0.2, -0.15) is 5.26 Å². The third-order valence-electron chi connectivity index (χ3n) is 7.85. The number of nitrogen functional groups attached to an aromatic ring is 1. The summed E-state index contributed by atoms with van der Waals surface area (Å²) in [4.78, 5) is 38.4. The van der Waals surface area contributed by atoms with Gasteiger partial charge in [0.2, 0.25) is 5.82 Å². The number of imidazole rings is 1. The first kappa shape index (κ1) is 27.9. The van der Waals surface area contributed by atoms with E-state index in [0.29, 0.717) is 39.9 Å². The molecule has 7 rings (SSSR count). The van der Waals surface area contributed by atoms with E-state index < -0.39 is 0 Å². The number of benzene rings is 1. The summed E-state index contributed by atoms with van der Waals surface area (Å²) in [5.74, 6) is 1.81. The Balaban J connectivity index is 1.14. The van der Waals surface area contributed by atoms with Crippen molar-refractivity contribution in [3.8, 4) is 34.5 Å². The fourth-order valence-corrected chi connectivity index (χ4v) is 5.65.